The van der Waals surface area contributed by atoms with E-state index >= 15 is 0 Å². The first-order chi connectivity index (χ1) is 10.5. The first-order valence-corrected chi connectivity index (χ1v) is 9.83. The molecule has 6 nitrogen and oxygen atoms in total. The molecular formula is C15H28IN3O3S. The first kappa shape index (κ1) is 20.7. The Hall–Kier alpha value is -0.350. The molecule has 0 aromatic heterocycles. The number of sulfone groups is 1. The zero-order valence-electron chi connectivity index (χ0n) is 13.9. The first-order valence-electron chi connectivity index (χ1n) is 7.94. The van der Waals surface area contributed by atoms with E-state index in [9.17, 15) is 8.42 Å². The van der Waals surface area contributed by atoms with Gasteiger partial charge in [-0.05, 0) is 32.6 Å². The van der Waals surface area contributed by atoms with Crippen LogP contribution in [0.4, 0.5) is 0 Å². The number of hydrogen-bond acceptors (Lipinski definition) is 4. The zero-order chi connectivity index (χ0) is 16.1. The van der Waals surface area contributed by atoms with Gasteiger partial charge in [-0.2, -0.15) is 0 Å². The normalized spacial score (nSPS) is 21.7. The van der Waals surface area contributed by atoms with Gasteiger partial charge in [-0.1, -0.05) is 12.2 Å². The Bertz CT molecular complexity index is 520. The third kappa shape index (κ3) is 5.60. The van der Waals surface area contributed by atoms with Crippen LogP contribution in [0.2, 0.25) is 0 Å². The predicted molar refractivity (Wildman–Crippen MR) is 104 cm³/mol. The van der Waals surface area contributed by atoms with Crippen molar-refractivity contribution in [3.8, 4) is 0 Å². The second kappa shape index (κ2) is 9.22. The van der Waals surface area contributed by atoms with Crippen molar-refractivity contribution in [3.05, 3.63) is 12.2 Å². The molecule has 1 aliphatic carbocycles. The van der Waals surface area contributed by atoms with Crippen LogP contribution in [0.5, 0.6) is 0 Å². The summed E-state index contributed by atoms with van der Waals surface area (Å²) < 4.78 is 29.0. The van der Waals surface area contributed by atoms with Crippen LogP contribution in [-0.2, 0) is 14.6 Å². The van der Waals surface area contributed by atoms with Gasteiger partial charge < -0.3 is 15.4 Å². The van der Waals surface area contributed by atoms with Gasteiger partial charge in [0, 0.05) is 32.1 Å². The van der Waals surface area contributed by atoms with Gasteiger partial charge in [0.05, 0.1) is 11.3 Å². The molecule has 1 heterocycles. The average Bonchev–Trinajstić information content (AvgIpc) is 2.98. The van der Waals surface area contributed by atoms with Gasteiger partial charge >= 0.3 is 0 Å². The molecule has 134 valence electrons. The Morgan fingerprint density at radius 3 is 2.43 bits per heavy atom. The van der Waals surface area contributed by atoms with E-state index in [2.05, 4.69) is 27.8 Å². The van der Waals surface area contributed by atoms with Gasteiger partial charge in [0.2, 0.25) is 0 Å². The summed E-state index contributed by atoms with van der Waals surface area (Å²) >= 11 is 0. The monoisotopic (exact) mass is 457 g/mol. The third-order valence-corrected chi connectivity index (χ3v) is 6.52. The molecule has 0 spiro atoms. The van der Waals surface area contributed by atoms with E-state index < -0.39 is 14.6 Å². The lowest BCUT2D eigenvalue weighted by atomic mass is 9.99. The van der Waals surface area contributed by atoms with Crippen molar-refractivity contribution in [1.82, 2.24) is 10.6 Å². The van der Waals surface area contributed by atoms with Crippen molar-refractivity contribution in [3.63, 3.8) is 0 Å². The van der Waals surface area contributed by atoms with E-state index in [1.807, 2.05) is 6.92 Å². The number of aliphatic imine (C=N–C) groups is 1. The van der Waals surface area contributed by atoms with E-state index in [4.69, 9.17) is 4.74 Å². The van der Waals surface area contributed by atoms with E-state index in [0.717, 1.165) is 19.4 Å². The summed E-state index contributed by atoms with van der Waals surface area (Å²) in [7, 11) is -3.18. The Labute approximate surface area is 156 Å². The molecular weight excluding hydrogens is 429 g/mol. The molecule has 0 unspecified atom stereocenters. The maximum atomic E-state index is 12.2. The van der Waals surface area contributed by atoms with Gasteiger partial charge in [0.25, 0.3) is 0 Å². The van der Waals surface area contributed by atoms with E-state index in [-0.39, 0.29) is 30.5 Å². The number of rotatable bonds is 5. The van der Waals surface area contributed by atoms with Crippen LogP contribution < -0.4 is 10.6 Å². The topological polar surface area (TPSA) is 79.8 Å². The van der Waals surface area contributed by atoms with Crippen molar-refractivity contribution in [2.24, 2.45) is 4.99 Å². The maximum absolute atomic E-state index is 12.2. The highest BCUT2D eigenvalue weighted by atomic mass is 127. The van der Waals surface area contributed by atoms with Gasteiger partial charge in [-0.3, -0.25) is 4.99 Å². The fourth-order valence-corrected chi connectivity index (χ4v) is 4.07. The quantitative estimate of drug-likeness (QED) is 0.283. The largest absolute Gasteiger partial charge is 0.381 e. The van der Waals surface area contributed by atoms with Gasteiger partial charge in [-0.15, -0.1) is 24.0 Å². The minimum atomic E-state index is -3.18. The predicted octanol–water partition coefficient (Wildman–Crippen LogP) is 1.47. The van der Waals surface area contributed by atoms with Crippen LogP contribution in [0.25, 0.3) is 0 Å². The average molecular weight is 457 g/mol. The number of halogens is 1. The van der Waals surface area contributed by atoms with Crippen LogP contribution in [0, 0.1) is 0 Å². The second-order valence-electron chi connectivity index (χ2n) is 6.05. The van der Waals surface area contributed by atoms with Crippen LogP contribution >= 0.6 is 24.0 Å². The van der Waals surface area contributed by atoms with E-state index in [0.29, 0.717) is 38.1 Å². The standard InChI is InChI=1S/C15H27N3O3S.HI/c1-3-16-14(18-13-6-4-5-7-13)17-12-15(22(2,19)20)8-10-21-11-9-15;/h4-5,13H,3,6-12H2,1-2H3,(H2,16,17,18);1H. The summed E-state index contributed by atoms with van der Waals surface area (Å²) in [6.07, 6.45) is 8.61. The lowest BCUT2D eigenvalue weighted by Crippen LogP contribution is -2.48. The molecule has 0 amide bonds. The van der Waals surface area contributed by atoms with Crippen molar-refractivity contribution in [2.45, 2.75) is 43.4 Å². The Morgan fingerprint density at radius 2 is 1.91 bits per heavy atom. The summed E-state index contributed by atoms with van der Waals surface area (Å²) in [6.45, 7) is 4.01. The molecule has 2 N–H and O–H groups in total. The van der Waals surface area contributed by atoms with E-state index in [1.165, 1.54) is 6.26 Å². The summed E-state index contributed by atoms with van der Waals surface area (Å²) in [4.78, 5) is 4.57. The highest BCUT2D eigenvalue weighted by Crippen LogP contribution is 2.29. The van der Waals surface area contributed by atoms with Crippen molar-refractivity contribution < 1.29 is 13.2 Å². The number of nitrogens with zero attached hydrogens (tertiary/aromatic N) is 1. The summed E-state index contributed by atoms with van der Waals surface area (Å²) in [6, 6.07) is 0.349. The lowest BCUT2D eigenvalue weighted by Gasteiger charge is -2.34. The van der Waals surface area contributed by atoms with Crippen LogP contribution in [0.15, 0.2) is 17.1 Å². The Balaban J connectivity index is 0.00000264. The molecule has 0 bridgehead atoms. The van der Waals surface area contributed by atoms with Gasteiger partial charge in [0.1, 0.15) is 0 Å². The molecule has 2 aliphatic rings. The van der Waals surface area contributed by atoms with Crippen LogP contribution in [0.3, 0.4) is 0 Å². The number of hydrogen-bond donors (Lipinski definition) is 2. The van der Waals surface area contributed by atoms with E-state index in [1.54, 1.807) is 0 Å². The molecule has 1 fully saturated rings. The molecule has 2 rings (SSSR count). The van der Waals surface area contributed by atoms with Gasteiger partial charge in [-0.25, -0.2) is 8.42 Å². The molecule has 0 radical (unpaired) electrons. The molecule has 1 aliphatic heterocycles. The molecule has 0 saturated carbocycles. The number of nitrogens with one attached hydrogen (secondary N) is 2. The second-order valence-corrected chi connectivity index (χ2v) is 8.46. The smallest absolute Gasteiger partial charge is 0.191 e. The van der Waals surface area contributed by atoms with Gasteiger partial charge in [0.15, 0.2) is 15.8 Å². The molecule has 0 atom stereocenters. The maximum Gasteiger partial charge on any atom is 0.191 e. The highest BCUT2D eigenvalue weighted by molar-refractivity contribution is 14.0. The fourth-order valence-electron chi connectivity index (χ4n) is 2.86. The molecule has 0 aromatic carbocycles. The minimum Gasteiger partial charge on any atom is -0.381 e. The summed E-state index contributed by atoms with van der Waals surface area (Å²) in [5.41, 5.74) is 0. The number of ether oxygens (including phenoxy) is 1. The Morgan fingerprint density at radius 1 is 1.30 bits per heavy atom. The van der Waals surface area contributed by atoms with Crippen LogP contribution in [-0.4, -0.2) is 57.7 Å². The molecule has 23 heavy (non-hydrogen) atoms. The lowest BCUT2D eigenvalue weighted by molar-refractivity contribution is 0.0768. The molecule has 1 saturated heterocycles. The summed E-state index contributed by atoms with van der Waals surface area (Å²) in [5.74, 6) is 0.700. The highest BCUT2D eigenvalue weighted by Gasteiger charge is 2.42. The fraction of sp³-hybridized carbons (Fsp3) is 0.800. The van der Waals surface area contributed by atoms with Crippen molar-refractivity contribution in [1.29, 1.82) is 0 Å². The molecule has 8 heteroatoms. The SMILES string of the molecule is CCNC(=NCC1(S(C)(=O)=O)CCOCC1)NC1CC=CC1.I. The third-order valence-electron chi connectivity index (χ3n) is 4.41. The van der Waals surface area contributed by atoms with Crippen LogP contribution in [0.1, 0.15) is 32.6 Å². The number of guanidine groups is 1. The Kier molecular flexibility index (Phi) is 8.29. The van der Waals surface area contributed by atoms with Crippen molar-refractivity contribution in [2.75, 3.05) is 32.6 Å². The summed E-state index contributed by atoms with van der Waals surface area (Å²) in [5, 5.41) is 6.58. The minimum absolute atomic E-state index is 0. The molecule has 0 aromatic rings. The van der Waals surface area contributed by atoms with Crippen molar-refractivity contribution >= 4 is 39.8 Å². The zero-order valence-corrected chi connectivity index (χ0v) is 17.0.